The third-order valence-corrected chi connectivity index (χ3v) is 6.07. The molecule has 0 bridgehead atoms. The van der Waals surface area contributed by atoms with Crippen LogP contribution in [0.25, 0.3) is 27.8 Å². The van der Waals surface area contributed by atoms with Crippen LogP contribution in [0.5, 0.6) is 5.75 Å². The number of methoxy groups -OCH3 is 1. The zero-order valence-corrected chi connectivity index (χ0v) is 17.8. The molecule has 3 aromatic heterocycles. The Morgan fingerprint density at radius 3 is 2.84 bits per heavy atom. The Morgan fingerprint density at radius 1 is 1.13 bits per heavy atom. The van der Waals surface area contributed by atoms with Gasteiger partial charge in [-0.1, -0.05) is 41.6 Å². The Bertz CT molecular complexity index is 1480. The zero-order valence-electron chi connectivity index (χ0n) is 16.2. The molecule has 0 saturated carbocycles. The first-order valence-corrected chi connectivity index (χ1v) is 10.6. The van der Waals surface area contributed by atoms with Crippen molar-refractivity contribution in [2.75, 3.05) is 7.11 Å². The number of hydrogen-bond donors (Lipinski definition) is 1. The molecule has 8 nitrogen and oxygen atoms in total. The van der Waals surface area contributed by atoms with Crippen molar-refractivity contribution in [3.63, 3.8) is 0 Å². The van der Waals surface area contributed by atoms with E-state index < -0.39 is 0 Å². The maximum Gasteiger partial charge on any atom is 0.269 e. The summed E-state index contributed by atoms with van der Waals surface area (Å²) < 4.78 is 6.95. The summed E-state index contributed by atoms with van der Waals surface area (Å²) in [5, 5.41) is 1.56. The van der Waals surface area contributed by atoms with Gasteiger partial charge in [-0.25, -0.2) is 19.9 Å². The number of ether oxygens (including phenoxy) is 1. The van der Waals surface area contributed by atoms with Gasteiger partial charge in [-0.05, 0) is 24.3 Å². The van der Waals surface area contributed by atoms with Gasteiger partial charge >= 0.3 is 0 Å². The number of hydrogen-bond acceptors (Lipinski definition) is 7. The topological polar surface area (TPSA) is 98.6 Å². The molecule has 0 radical (unpaired) electrons. The normalized spacial score (nSPS) is 11.3. The Labute approximate surface area is 185 Å². The average Bonchev–Trinajstić information content (AvgIpc) is 3.27. The fourth-order valence-electron chi connectivity index (χ4n) is 3.38. The monoisotopic (exact) mass is 450 g/mol. The maximum absolute atomic E-state index is 13.6. The van der Waals surface area contributed by atoms with Crippen LogP contribution in [-0.4, -0.2) is 36.6 Å². The first-order chi connectivity index (χ1) is 15.2. The van der Waals surface area contributed by atoms with E-state index in [0.717, 1.165) is 5.52 Å². The number of thioether (sulfide) groups is 1. The standard InChI is InChI=1S/C21H15ClN6O2S/c1-30-15-8-4-6-13-17(15)21(29)28(14-7-3-2-5-12(14)22)16(27-13)9-31-20-18-19(24-10-23-18)25-11-26-20/h2-8,10-11H,9H2,1H3,(H,23,24,25,26). The van der Waals surface area contributed by atoms with Crippen molar-refractivity contribution in [2.24, 2.45) is 0 Å². The van der Waals surface area contributed by atoms with E-state index in [1.807, 2.05) is 18.2 Å². The molecule has 0 aliphatic rings. The molecule has 0 unspecified atom stereocenters. The Morgan fingerprint density at radius 2 is 2.00 bits per heavy atom. The van der Waals surface area contributed by atoms with Gasteiger partial charge in [0.05, 0.1) is 35.4 Å². The highest BCUT2D eigenvalue weighted by Crippen LogP contribution is 2.29. The van der Waals surface area contributed by atoms with Crippen molar-refractivity contribution < 1.29 is 4.74 Å². The highest BCUT2D eigenvalue weighted by Gasteiger charge is 2.18. The van der Waals surface area contributed by atoms with Crippen LogP contribution < -0.4 is 10.3 Å². The number of para-hydroxylation sites is 1. The van der Waals surface area contributed by atoms with Gasteiger partial charge in [0.2, 0.25) is 0 Å². The summed E-state index contributed by atoms with van der Waals surface area (Å²) in [6.45, 7) is 0. The van der Waals surface area contributed by atoms with Crippen LogP contribution in [0, 0.1) is 0 Å². The lowest BCUT2D eigenvalue weighted by atomic mass is 10.2. The number of benzene rings is 2. The molecular weight excluding hydrogens is 436 g/mol. The molecule has 0 spiro atoms. The molecule has 0 saturated heterocycles. The molecule has 5 rings (SSSR count). The third kappa shape index (κ3) is 3.41. The molecule has 1 N–H and O–H groups in total. The smallest absolute Gasteiger partial charge is 0.269 e. The van der Waals surface area contributed by atoms with Gasteiger partial charge in [0.15, 0.2) is 5.65 Å². The molecular formula is C21H15ClN6O2S. The molecule has 3 heterocycles. The lowest BCUT2D eigenvalue weighted by Gasteiger charge is -2.15. The van der Waals surface area contributed by atoms with Crippen LogP contribution in [0.3, 0.4) is 0 Å². The van der Waals surface area contributed by atoms with Gasteiger partial charge < -0.3 is 9.72 Å². The summed E-state index contributed by atoms with van der Waals surface area (Å²) in [7, 11) is 1.53. The highest BCUT2D eigenvalue weighted by atomic mass is 35.5. The van der Waals surface area contributed by atoms with Crippen molar-refractivity contribution in [1.29, 1.82) is 0 Å². The Balaban J connectivity index is 1.69. The summed E-state index contributed by atoms with van der Waals surface area (Å²) in [4.78, 5) is 34.1. The molecule has 154 valence electrons. The zero-order chi connectivity index (χ0) is 21.4. The van der Waals surface area contributed by atoms with E-state index in [4.69, 9.17) is 21.3 Å². The van der Waals surface area contributed by atoms with Gasteiger partial charge in [0.25, 0.3) is 5.56 Å². The predicted octanol–water partition coefficient (Wildman–Crippen LogP) is 4.01. The van der Waals surface area contributed by atoms with Crippen molar-refractivity contribution in [1.82, 2.24) is 29.5 Å². The van der Waals surface area contributed by atoms with Crippen LogP contribution in [0.2, 0.25) is 5.02 Å². The first-order valence-electron chi connectivity index (χ1n) is 9.28. The number of rotatable bonds is 5. The largest absolute Gasteiger partial charge is 0.496 e. The van der Waals surface area contributed by atoms with Crippen molar-refractivity contribution in [3.8, 4) is 11.4 Å². The van der Waals surface area contributed by atoms with Crippen LogP contribution in [0.1, 0.15) is 5.82 Å². The third-order valence-electron chi connectivity index (χ3n) is 4.77. The van der Waals surface area contributed by atoms with E-state index >= 15 is 0 Å². The van der Waals surface area contributed by atoms with E-state index in [9.17, 15) is 4.79 Å². The number of H-pyrrole nitrogens is 1. The second kappa shape index (κ2) is 8.01. The second-order valence-corrected chi connectivity index (χ2v) is 7.91. The van der Waals surface area contributed by atoms with Crippen LogP contribution in [0.4, 0.5) is 0 Å². The minimum atomic E-state index is -0.250. The van der Waals surface area contributed by atoms with Gasteiger partial charge in [0, 0.05) is 0 Å². The van der Waals surface area contributed by atoms with E-state index in [1.165, 1.54) is 29.8 Å². The van der Waals surface area contributed by atoms with Gasteiger partial charge in [-0.15, -0.1) is 0 Å². The fraction of sp³-hybridized carbons (Fsp3) is 0.0952. The highest BCUT2D eigenvalue weighted by molar-refractivity contribution is 7.98. The first kappa shape index (κ1) is 19.5. The second-order valence-electron chi connectivity index (χ2n) is 6.54. The van der Waals surface area contributed by atoms with Crippen LogP contribution in [0.15, 0.2) is 64.9 Å². The van der Waals surface area contributed by atoms with Crippen molar-refractivity contribution >= 4 is 45.4 Å². The lowest BCUT2D eigenvalue weighted by molar-refractivity contribution is 0.419. The number of nitrogens with zero attached hydrogens (tertiary/aromatic N) is 5. The lowest BCUT2D eigenvalue weighted by Crippen LogP contribution is -2.24. The minimum absolute atomic E-state index is 0.250. The Hall–Kier alpha value is -3.43. The quantitative estimate of drug-likeness (QED) is 0.319. The van der Waals surface area contributed by atoms with Gasteiger partial charge in [0.1, 0.15) is 33.8 Å². The molecule has 0 atom stereocenters. The Kier molecular flexibility index (Phi) is 5.05. The molecule has 0 fully saturated rings. The molecule has 0 amide bonds. The number of imidazole rings is 1. The van der Waals surface area contributed by atoms with Crippen molar-refractivity contribution in [3.05, 3.63) is 76.3 Å². The minimum Gasteiger partial charge on any atom is -0.496 e. The fourth-order valence-corrected chi connectivity index (χ4v) is 4.48. The van der Waals surface area contributed by atoms with Crippen molar-refractivity contribution in [2.45, 2.75) is 10.8 Å². The summed E-state index contributed by atoms with van der Waals surface area (Å²) in [5.41, 5.74) is 2.18. The molecule has 0 aliphatic heterocycles. The molecule has 0 aliphatic carbocycles. The summed E-state index contributed by atoms with van der Waals surface area (Å²) in [6.07, 6.45) is 3.04. The van der Waals surface area contributed by atoms with E-state index in [0.29, 0.717) is 49.6 Å². The average molecular weight is 451 g/mol. The predicted molar refractivity (Wildman–Crippen MR) is 120 cm³/mol. The summed E-state index contributed by atoms with van der Waals surface area (Å²) >= 11 is 7.88. The van der Waals surface area contributed by atoms with E-state index in [-0.39, 0.29) is 5.56 Å². The maximum atomic E-state index is 13.6. The van der Waals surface area contributed by atoms with Gasteiger partial charge in [-0.2, -0.15) is 0 Å². The molecule has 31 heavy (non-hydrogen) atoms. The van der Waals surface area contributed by atoms with E-state index in [1.54, 1.807) is 30.6 Å². The number of aromatic amines is 1. The molecule has 5 aromatic rings. The number of halogens is 1. The van der Waals surface area contributed by atoms with Crippen LogP contribution >= 0.6 is 23.4 Å². The van der Waals surface area contributed by atoms with Crippen LogP contribution in [-0.2, 0) is 5.75 Å². The molecule has 2 aromatic carbocycles. The van der Waals surface area contributed by atoms with E-state index in [2.05, 4.69) is 19.9 Å². The number of aromatic nitrogens is 6. The number of nitrogens with one attached hydrogen (secondary N) is 1. The number of fused-ring (bicyclic) bond motifs is 2. The SMILES string of the molecule is COc1cccc2nc(CSc3ncnc4nc[nH]c34)n(-c3ccccc3Cl)c(=O)c12. The summed E-state index contributed by atoms with van der Waals surface area (Å²) in [6, 6.07) is 12.5. The summed E-state index contributed by atoms with van der Waals surface area (Å²) in [5.74, 6) is 1.37. The van der Waals surface area contributed by atoms with Gasteiger partial charge in [-0.3, -0.25) is 9.36 Å². The molecule has 10 heteroatoms.